The number of aromatic nitrogens is 3. The summed E-state index contributed by atoms with van der Waals surface area (Å²) in [6, 6.07) is 27.1. The van der Waals surface area contributed by atoms with Crippen molar-refractivity contribution >= 4 is 17.7 Å². The number of carboxylic acids is 1. The number of carbonyl (C=O) groups excluding carboxylic acids is 1. The van der Waals surface area contributed by atoms with Crippen LogP contribution in [-0.2, 0) is 11.4 Å². The van der Waals surface area contributed by atoms with Crippen molar-refractivity contribution in [2.75, 3.05) is 5.75 Å². The molecule has 1 aromatic heterocycles. The molecule has 0 saturated heterocycles. The number of aliphatic carboxylic acids is 1. The zero-order valence-electron chi connectivity index (χ0n) is 16.0. The van der Waals surface area contributed by atoms with E-state index in [0.29, 0.717) is 17.6 Å². The number of hydrogen-bond acceptors (Lipinski definition) is 6. The molecule has 1 heterocycles. The summed E-state index contributed by atoms with van der Waals surface area (Å²) in [5.74, 6) is 0.0256. The van der Waals surface area contributed by atoms with Crippen LogP contribution in [0.2, 0.25) is 0 Å². The van der Waals surface area contributed by atoms with Gasteiger partial charge < -0.3 is 14.6 Å². The number of carboxylic acid groups (broad SMARTS) is 1. The molecule has 0 radical (unpaired) electrons. The van der Waals surface area contributed by atoms with Crippen molar-refractivity contribution in [3.05, 3.63) is 90.5 Å². The second-order valence-corrected chi connectivity index (χ2v) is 7.38. The first kappa shape index (κ1) is 19.7. The van der Waals surface area contributed by atoms with Crippen molar-refractivity contribution < 1.29 is 14.6 Å². The first-order chi connectivity index (χ1) is 14.7. The lowest BCUT2D eigenvalue weighted by Crippen LogP contribution is -2.24. The van der Waals surface area contributed by atoms with Crippen molar-refractivity contribution in [1.82, 2.24) is 14.8 Å². The summed E-state index contributed by atoms with van der Waals surface area (Å²) in [5, 5.41) is 19.9. The molecule has 4 aromatic rings. The van der Waals surface area contributed by atoms with Crippen LogP contribution in [0.3, 0.4) is 0 Å². The van der Waals surface area contributed by atoms with Crippen molar-refractivity contribution in [2.24, 2.45) is 0 Å². The normalized spacial score (nSPS) is 10.7. The van der Waals surface area contributed by atoms with Gasteiger partial charge in [0.1, 0.15) is 12.4 Å². The lowest BCUT2D eigenvalue weighted by molar-refractivity contribution is -0.301. The maximum Gasteiger partial charge on any atom is 0.196 e. The van der Waals surface area contributed by atoms with Crippen LogP contribution in [0, 0.1) is 0 Å². The number of hydrogen-bond donors (Lipinski definition) is 0. The summed E-state index contributed by atoms with van der Waals surface area (Å²) >= 11 is 1.08. The molecule has 6 nitrogen and oxygen atoms in total. The first-order valence-corrected chi connectivity index (χ1v) is 10.3. The van der Waals surface area contributed by atoms with E-state index in [1.54, 1.807) is 0 Å². The fourth-order valence-electron chi connectivity index (χ4n) is 2.92. The van der Waals surface area contributed by atoms with Crippen LogP contribution < -0.4 is 9.84 Å². The quantitative estimate of drug-likeness (QED) is 0.410. The van der Waals surface area contributed by atoms with E-state index in [0.717, 1.165) is 34.3 Å². The van der Waals surface area contributed by atoms with Gasteiger partial charge >= 0.3 is 0 Å². The SMILES string of the molecule is O=C([O-])CSc1nnc(-c2ccc(OCc3ccccc3)cc2)n1-c1ccccc1. The number of ether oxygens (including phenoxy) is 1. The Morgan fingerprint density at radius 3 is 2.23 bits per heavy atom. The number of nitrogens with zero attached hydrogens (tertiary/aromatic N) is 3. The molecular weight excluding hydrogens is 398 g/mol. The number of carbonyl (C=O) groups is 1. The van der Waals surface area contributed by atoms with Gasteiger partial charge in [0.2, 0.25) is 0 Å². The van der Waals surface area contributed by atoms with Gasteiger partial charge in [-0.2, -0.15) is 0 Å². The molecule has 0 aliphatic heterocycles. The molecule has 3 aromatic carbocycles. The number of thioether (sulfide) groups is 1. The fourth-order valence-corrected chi connectivity index (χ4v) is 3.59. The highest BCUT2D eigenvalue weighted by Crippen LogP contribution is 2.29. The van der Waals surface area contributed by atoms with Gasteiger partial charge in [0.05, 0.1) is 5.97 Å². The van der Waals surface area contributed by atoms with Gasteiger partial charge in [-0.25, -0.2) is 0 Å². The molecule has 0 atom stereocenters. The third kappa shape index (κ3) is 4.69. The zero-order chi connectivity index (χ0) is 20.8. The summed E-state index contributed by atoms with van der Waals surface area (Å²) in [5.41, 5.74) is 2.79. The standard InChI is InChI=1S/C23H19N3O3S/c27-21(28)16-30-23-25-24-22(26(23)19-9-5-2-6-10-19)18-11-13-20(14-12-18)29-15-17-7-3-1-4-8-17/h1-14H,15-16H2,(H,27,28)/p-1. The maximum absolute atomic E-state index is 10.9. The summed E-state index contributed by atoms with van der Waals surface area (Å²) in [6.45, 7) is 0.490. The molecule has 30 heavy (non-hydrogen) atoms. The predicted octanol–water partition coefficient (Wildman–Crippen LogP) is 3.36. The van der Waals surface area contributed by atoms with E-state index in [1.165, 1.54) is 0 Å². The van der Waals surface area contributed by atoms with Crippen LogP contribution in [0.25, 0.3) is 17.1 Å². The Morgan fingerprint density at radius 2 is 1.57 bits per heavy atom. The van der Waals surface area contributed by atoms with E-state index in [2.05, 4.69) is 10.2 Å². The van der Waals surface area contributed by atoms with E-state index < -0.39 is 5.97 Å². The molecule has 0 aliphatic carbocycles. The molecule has 0 aliphatic rings. The second-order valence-electron chi connectivity index (χ2n) is 6.44. The van der Waals surface area contributed by atoms with Crippen molar-refractivity contribution in [3.8, 4) is 22.8 Å². The average molecular weight is 416 g/mol. The van der Waals surface area contributed by atoms with Crippen LogP contribution in [0.15, 0.2) is 90.1 Å². The van der Waals surface area contributed by atoms with Crippen LogP contribution in [0.1, 0.15) is 5.56 Å². The largest absolute Gasteiger partial charge is 0.549 e. The lowest BCUT2D eigenvalue weighted by Gasteiger charge is -2.11. The highest BCUT2D eigenvalue weighted by atomic mass is 32.2. The minimum absolute atomic E-state index is 0.197. The smallest absolute Gasteiger partial charge is 0.196 e. The number of rotatable bonds is 8. The number of benzene rings is 3. The van der Waals surface area contributed by atoms with Crippen LogP contribution >= 0.6 is 11.8 Å². The van der Waals surface area contributed by atoms with Crippen LogP contribution in [-0.4, -0.2) is 26.5 Å². The van der Waals surface area contributed by atoms with Crippen molar-refractivity contribution in [2.45, 2.75) is 11.8 Å². The molecule has 0 fully saturated rings. The van der Waals surface area contributed by atoms with Gasteiger partial charge in [-0.05, 0) is 42.0 Å². The third-order valence-electron chi connectivity index (χ3n) is 4.33. The van der Waals surface area contributed by atoms with Gasteiger partial charge in [-0.3, -0.25) is 4.57 Å². The Labute approximate surface area is 178 Å². The van der Waals surface area contributed by atoms with Crippen LogP contribution in [0.5, 0.6) is 5.75 Å². The highest BCUT2D eigenvalue weighted by molar-refractivity contribution is 7.99. The van der Waals surface area contributed by atoms with E-state index in [9.17, 15) is 9.90 Å². The molecule has 4 rings (SSSR count). The Hall–Kier alpha value is -3.58. The van der Waals surface area contributed by atoms with E-state index >= 15 is 0 Å². The van der Waals surface area contributed by atoms with Gasteiger partial charge in [0, 0.05) is 17.0 Å². The Kier molecular flexibility index (Phi) is 6.10. The fraction of sp³-hybridized carbons (Fsp3) is 0.0870. The van der Waals surface area contributed by atoms with Gasteiger partial charge in [-0.15, -0.1) is 10.2 Å². The van der Waals surface area contributed by atoms with E-state index in [-0.39, 0.29) is 5.75 Å². The Morgan fingerprint density at radius 1 is 0.900 bits per heavy atom. The maximum atomic E-state index is 10.9. The molecule has 0 saturated carbocycles. The molecular formula is C23H18N3O3S-. The lowest BCUT2D eigenvalue weighted by atomic mass is 10.2. The minimum atomic E-state index is -1.15. The van der Waals surface area contributed by atoms with Crippen LogP contribution in [0.4, 0.5) is 0 Å². The molecule has 0 bridgehead atoms. The summed E-state index contributed by atoms with van der Waals surface area (Å²) in [6.07, 6.45) is 0. The van der Waals surface area contributed by atoms with Gasteiger partial charge in [0.15, 0.2) is 11.0 Å². The molecule has 150 valence electrons. The predicted molar refractivity (Wildman–Crippen MR) is 113 cm³/mol. The Bertz CT molecular complexity index is 1110. The molecule has 0 unspecified atom stereocenters. The molecule has 0 spiro atoms. The minimum Gasteiger partial charge on any atom is -0.549 e. The summed E-state index contributed by atoms with van der Waals surface area (Å²) in [7, 11) is 0. The van der Waals surface area contributed by atoms with Gasteiger partial charge in [-0.1, -0.05) is 60.3 Å². The number of para-hydroxylation sites is 1. The molecule has 0 N–H and O–H groups in total. The zero-order valence-corrected chi connectivity index (χ0v) is 16.8. The van der Waals surface area contributed by atoms with Gasteiger partial charge in [0.25, 0.3) is 0 Å². The summed E-state index contributed by atoms with van der Waals surface area (Å²) in [4.78, 5) is 10.9. The Balaban J connectivity index is 1.59. The monoisotopic (exact) mass is 416 g/mol. The topological polar surface area (TPSA) is 80.1 Å². The highest BCUT2D eigenvalue weighted by Gasteiger charge is 2.16. The molecule has 0 amide bonds. The molecule has 7 heteroatoms. The van der Waals surface area contributed by atoms with E-state index in [1.807, 2.05) is 89.5 Å². The van der Waals surface area contributed by atoms with E-state index in [4.69, 9.17) is 4.74 Å². The van der Waals surface area contributed by atoms with Crippen molar-refractivity contribution in [3.63, 3.8) is 0 Å². The second kappa shape index (κ2) is 9.28. The van der Waals surface area contributed by atoms with Crippen molar-refractivity contribution in [1.29, 1.82) is 0 Å². The first-order valence-electron chi connectivity index (χ1n) is 9.31. The average Bonchev–Trinajstić information content (AvgIpc) is 3.22. The summed E-state index contributed by atoms with van der Waals surface area (Å²) < 4.78 is 7.69. The third-order valence-corrected chi connectivity index (χ3v) is 5.23.